The van der Waals surface area contributed by atoms with Gasteiger partial charge in [-0.15, -0.1) is 0 Å². The average Bonchev–Trinajstić information content (AvgIpc) is 2.98. The number of morpholine rings is 1. The Morgan fingerprint density at radius 3 is 2.27 bits per heavy atom. The van der Waals surface area contributed by atoms with Crippen LogP contribution in [0.4, 0.5) is 18.9 Å². The largest absolute Gasteiger partial charge is 0.416 e. The number of nitrogens with zero attached hydrogens (tertiary/aromatic N) is 2. The third-order valence-electron chi connectivity index (χ3n) is 4.74. The normalized spacial score (nSPS) is 17.8. The molecule has 0 spiro atoms. The van der Waals surface area contributed by atoms with E-state index in [-0.39, 0.29) is 16.3 Å². The van der Waals surface area contributed by atoms with Crippen LogP contribution in [-0.2, 0) is 20.5 Å². The van der Waals surface area contributed by atoms with Crippen molar-refractivity contribution < 1.29 is 27.5 Å². The molecule has 0 aliphatic carbocycles. The summed E-state index contributed by atoms with van der Waals surface area (Å²) in [6, 6.07) is 13.3. The molecule has 1 fully saturated rings. The van der Waals surface area contributed by atoms with E-state index in [0.29, 0.717) is 26.3 Å². The van der Waals surface area contributed by atoms with E-state index >= 15 is 0 Å². The molecule has 0 N–H and O–H groups in total. The standard InChI is InChI=1S/C21H17F3N2O3S/c22-21(23,24)14-5-4-6-15(13-14)26-19(27)17(25-9-11-29-12-10-25)18(20(26)28)30-16-7-2-1-3-8-16/h1-8,13H,9-12H2. The van der Waals surface area contributed by atoms with E-state index in [1.807, 2.05) is 18.2 Å². The number of alkyl halides is 3. The van der Waals surface area contributed by atoms with Crippen molar-refractivity contribution in [3.8, 4) is 0 Å². The van der Waals surface area contributed by atoms with Crippen LogP contribution in [-0.4, -0.2) is 43.0 Å². The van der Waals surface area contributed by atoms with Crippen LogP contribution in [0.1, 0.15) is 5.56 Å². The van der Waals surface area contributed by atoms with Gasteiger partial charge in [-0.05, 0) is 30.3 Å². The predicted molar refractivity (Wildman–Crippen MR) is 106 cm³/mol. The second-order valence-electron chi connectivity index (χ2n) is 6.69. The zero-order valence-corrected chi connectivity index (χ0v) is 16.5. The third-order valence-corrected chi connectivity index (χ3v) is 5.82. The number of benzene rings is 2. The summed E-state index contributed by atoms with van der Waals surface area (Å²) >= 11 is 1.14. The number of thioether (sulfide) groups is 1. The SMILES string of the molecule is O=C1C(Sc2ccccc2)=C(N2CCOCC2)C(=O)N1c1cccc(C(F)(F)F)c1. The summed E-state index contributed by atoms with van der Waals surface area (Å²) in [5.74, 6) is -1.26. The molecule has 0 saturated carbocycles. The van der Waals surface area contributed by atoms with Gasteiger partial charge in [0, 0.05) is 18.0 Å². The van der Waals surface area contributed by atoms with Gasteiger partial charge >= 0.3 is 6.18 Å². The summed E-state index contributed by atoms with van der Waals surface area (Å²) in [6.07, 6.45) is -4.58. The minimum Gasteiger partial charge on any atom is -0.378 e. The van der Waals surface area contributed by atoms with Crippen molar-refractivity contribution in [2.24, 2.45) is 0 Å². The molecule has 0 aromatic heterocycles. The van der Waals surface area contributed by atoms with E-state index < -0.39 is 23.6 Å². The van der Waals surface area contributed by atoms with Gasteiger partial charge in [0.15, 0.2) is 0 Å². The molecule has 1 saturated heterocycles. The second kappa shape index (κ2) is 8.16. The van der Waals surface area contributed by atoms with Crippen LogP contribution >= 0.6 is 11.8 Å². The molecule has 2 amide bonds. The molecule has 9 heteroatoms. The Hall–Kier alpha value is -2.78. The molecule has 2 aromatic rings. The van der Waals surface area contributed by atoms with Crippen LogP contribution in [0.25, 0.3) is 0 Å². The molecule has 30 heavy (non-hydrogen) atoms. The number of halogens is 3. The fourth-order valence-electron chi connectivity index (χ4n) is 3.32. The number of carbonyl (C=O) groups is 2. The van der Waals surface area contributed by atoms with Crippen LogP contribution in [0.15, 0.2) is 70.1 Å². The van der Waals surface area contributed by atoms with Crippen molar-refractivity contribution >= 4 is 29.3 Å². The average molecular weight is 434 g/mol. The molecule has 2 aromatic carbocycles. The van der Waals surface area contributed by atoms with Gasteiger partial charge in [-0.2, -0.15) is 13.2 Å². The minimum absolute atomic E-state index is 0.103. The van der Waals surface area contributed by atoms with Crippen molar-refractivity contribution in [2.75, 3.05) is 31.2 Å². The van der Waals surface area contributed by atoms with E-state index in [1.54, 1.807) is 17.0 Å². The van der Waals surface area contributed by atoms with E-state index in [2.05, 4.69) is 0 Å². The summed E-state index contributed by atoms with van der Waals surface area (Å²) in [5, 5.41) is 0. The van der Waals surface area contributed by atoms with Crippen LogP contribution in [0.2, 0.25) is 0 Å². The number of imide groups is 1. The van der Waals surface area contributed by atoms with Crippen molar-refractivity contribution in [3.63, 3.8) is 0 Å². The first-order chi connectivity index (χ1) is 14.4. The van der Waals surface area contributed by atoms with Crippen LogP contribution in [0.5, 0.6) is 0 Å². The van der Waals surface area contributed by atoms with E-state index in [1.165, 1.54) is 12.1 Å². The Bertz CT molecular complexity index is 1000. The van der Waals surface area contributed by atoms with Crippen LogP contribution in [0, 0.1) is 0 Å². The van der Waals surface area contributed by atoms with Gasteiger partial charge in [0.25, 0.3) is 11.8 Å². The monoisotopic (exact) mass is 434 g/mol. The lowest BCUT2D eigenvalue weighted by molar-refractivity contribution is -0.137. The van der Waals surface area contributed by atoms with Crippen molar-refractivity contribution in [3.05, 3.63) is 70.8 Å². The molecule has 2 aliphatic heterocycles. The zero-order chi connectivity index (χ0) is 21.3. The first-order valence-corrected chi connectivity index (χ1v) is 10.0. The zero-order valence-electron chi connectivity index (χ0n) is 15.7. The molecule has 156 valence electrons. The molecule has 0 bridgehead atoms. The summed E-state index contributed by atoms with van der Waals surface area (Å²) < 4.78 is 44.8. The maximum atomic E-state index is 13.2. The first-order valence-electron chi connectivity index (χ1n) is 9.22. The smallest absolute Gasteiger partial charge is 0.378 e. The van der Waals surface area contributed by atoms with Gasteiger partial charge in [-0.3, -0.25) is 9.59 Å². The topological polar surface area (TPSA) is 49.9 Å². The van der Waals surface area contributed by atoms with Gasteiger partial charge in [-0.25, -0.2) is 4.90 Å². The Balaban J connectivity index is 1.74. The van der Waals surface area contributed by atoms with Crippen molar-refractivity contribution in [2.45, 2.75) is 11.1 Å². The van der Waals surface area contributed by atoms with Gasteiger partial charge in [0.05, 0.1) is 24.5 Å². The number of rotatable bonds is 4. The Kier molecular flexibility index (Phi) is 5.57. The molecule has 0 atom stereocenters. The van der Waals surface area contributed by atoms with Crippen LogP contribution in [0.3, 0.4) is 0 Å². The highest BCUT2D eigenvalue weighted by Crippen LogP contribution is 2.40. The first kappa shape index (κ1) is 20.5. The van der Waals surface area contributed by atoms with Crippen molar-refractivity contribution in [1.29, 1.82) is 0 Å². The molecular formula is C21H17F3N2O3S. The highest BCUT2D eigenvalue weighted by atomic mass is 32.2. The highest BCUT2D eigenvalue weighted by Gasteiger charge is 2.43. The number of hydrogen-bond acceptors (Lipinski definition) is 5. The molecule has 2 aliphatic rings. The van der Waals surface area contributed by atoms with E-state index in [4.69, 9.17) is 4.74 Å². The molecule has 2 heterocycles. The Labute approximate surface area is 175 Å². The third kappa shape index (κ3) is 3.95. The number of ether oxygens (including phenoxy) is 1. The fourth-order valence-corrected chi connectivity index (χ4v) is 4.34. The Morgan fingerprint density at radius 1 is 0.900 bits per heavy atom. The summed E-state index contributed by atoms with van der Waals surface area (Å²) in [5.41, 5.74) is -0.818. The number of anilines is 1. The lowest BCUT2D eigenvalue weighted by atomic mass is 10.2. The maximum Gasteiger partial charge on any atom is 0.416 e. The quantitative estimate of drug-likeness (QED) is 0.683. The summed E-state index contributed by atoms with van der Waals surface area (Å²) in [6.45, 7) is 1.64. The number of hydrogen-bond donors (Lipinski definition) is 0. The molecule has 4 rings (SSSR count). The van der Waals surface area contributed by atoms with Crippen LogP contribution < -0.4 is 4.90 Å². The van der Waals surface area contributed by atoms with Gasteiger partial charge in [-0.1, -0.05) is 36.0 Å². The molecule has 5 nitrogen and oxygen atoms in total. The molecule has 0 radical (unpaired) electrons. The lowest BCUT2D eigenvalue weighted by Gasteiger charge is -2.29. The highest BCUT2D eigenvalue weighted by molar-refractivity contribution is 8.04. The van der Waals surface area contributed by atoms with E-state index in [9.17, 15) is 22.8 Å². The second-order valence-corrected chi connectivity index (χ2v) is 7.77. The summed E-state index contributed by atoms with van der Waals surface area (Å²) in [7, 11) is 0. The minimum atomic E-state index is -4.58. The molecular weight excluding hydrogens is 417 g/mol. The van der Waals surface area contributed by atoms with E-state index in [0.717, 1.165) is 33.7 Å². The molecule has 0 unspecified atom stereocenters. The van der Waals surface area contributed by atoms with Gasteiger partial charge in [0.1, 0.15) is 10.6 Å². The van der Waals surface area contributed by atoms with Gasteiger partial charge < -0.3 is 9.64 Å². The lowest BCUT2D eigenvalue weighted by Crippen LogP contribution is -2.40. The number of amides is 2. The van der Waals surface area contributed by atoms with Crippen molar-refractivity contribution in [1.82, 2.24) is 4.90 Å². The maximum absolute atomic E-state index is 13.2. The Morgan fingerprint density at radius 2 is 1.60 bits per heavy atom. The fraction of sp³-hybridized carbons (Fsp3) is 0.238. The number of carbonyl (C=O) groups excluding carboxylic acids is 2. The summed E-state index contributed by atoms with van der Waals surface area (Å²) in [4.78, 5) is 30.0. The predicted octanol–water partition coefficient (Wildman–Crippen LogP) is 3.91. The van der Waals surface area contributed by atoms with Gasteiger partial charge in [0.2, 0.25) is 0 Å².